The Morgan fingerprint density at radius 2 is 2.05 bits per heavy atom. The van der Waals surface area contributed by atoms with E-state index in [1.807, 2.05) is 30.5 Å². The number of hydrogen-bond donors (Lipinski definition) is 2. The summed E-state index contributed by atoms with van der Waals surface area (Å²) in [6.45, 7) is -0.0646. The summed E-state index contributed by atoms with van der Waals surface area (Å²) in [5, 5.41) is 4.96. The van der Waals surface area contributed by atoms with Gasteiger partial charge in [-0.25, -0.2) is 5.43 Å². The molecule has 6 nitrogen and oxygen atoms in total. The van der Waals surface area contributed by atoms with Crippen LogP contribution in [-0.4, -0.2) is 21.7 Å². The molecule has 0 fully saturated rings. The van der Waals surface area contributed by atoms with Crippen molar-refractivity contribution in [1.82, 2.24) is 15.0 Å². The summed E-state index contributed by atoms with van der Waals surface area (Å²) in [5.41, 5.74) is 4.08. The standard InChI is InChI=1S/C16H14N4O2/c21-15(11-20-8-4-3-7-16(20)22)19-18-10-12-9-17-14-6-2-1-5-13(12)14/h1-10,17H,11H2,(H,19,21)/b18-10+. The number of H-pyrrole nitrogens is 1. The van der Waals surface area contributed by atoms with Crippen LogP contribution in [0.1, 0.15) is 5.56 Å². The minimum absolute atomic E-state index is 0.0646. The number of hydrazone groups is 1. The molecule has 0 atom stereocenters. The van der Waals surface area contributed by atoms with E-state index in [4.69, 9.17) is 0 Å². The van der Waals surface area contributed by atoms with Crippen molar-refractivity contribution in [3.8, 4) is 0 Å². The summed E-state index contributed by atoms with van der Waals surface area (Å²) >= 11 is 0. The number of amides is 1. The second-order valence-electron chi connectivity index (χ2n) is 4.75. The van der Waals surface area contributed by atoms with Crippen molar-refractivity contribution in [2.75, 3.05) is 0 Å². The summed E-state index contributed by atoms with van der Waals surface area (Å²) in [7, 11) is 0. The molecule has 0 aliphatic heterocycles. The van der Waals surface area contributed by atoms with Crippen molar-refractivity contribution < 1.29 is 4.79 Å². The molecule has 0 unspecified atom stereocenters. The number of carbonyl (C=O) groups is 1. The van der Waals surface area contributed by atoms with Gasteiger partial charge in [0.15, 0.2) is 0 Å². The van der Waals surface area contributed by atoms with Gasteiger partial charge in [-0.3, -0.25) is 9.59 Å². The minimum atomic E-state index is -0.357. The van der Waals surface area contributed by atoms with E-state index in [2.05, 4.69) is 15.5 Å². The van der Waals surface area contributed by atoms with Crippen molar-refractivity contribution in [2.24, 2.45) is 5.10 Å². The highest BCUT2D eigenvalue weighted by Crippen LogP contribution is 2.15. The van der Waals surface area contributed by atoms with E-state index < -0.39 is 0 Å². The van der Waals surface area contributed by atoms with Gasteiger partial charge < -0.3 is 9.55 Å². The van der Waals surface area contributed by atoms with Gasteiger partial charge in [0.1, 0.15) is 6.54 Å². The molecule has 3 rings (SSSR count). The average molecular weight is 294 g/mol. The van der Waals surface area contributed by atoms with E-state index in [1.54, 1.807) is 24.5 Å². The number of nitrogens with zero attached hydrogens (tertiary/aromatic N) is 2. The average Bonchev–Trinajstić information content (AvgIpc) is 2.93. The number of rotatable bonds is 4. The van der Waals surface area contributed by atoms with Gasteiger partial charge in [-0.15, -0.1) is 0 Å². The molecule has 0 radical (unpaired) electrons. The van der Waals surface area contributed by atoms with Crippen LogP contribution in [0, 0.1) is 0 Å². The van der Waals surface area contributed by atoms with Crippen LogP contribution in [0.4, 0.5) is 0 Å². The molecule has 2 N–H and O–H groups in total. The largest absolute Gasteiger partial charge is 0.361 e. The van der Waals surface area contributed by atoms with Gasteiger partial charge in [0.05, 0.1) is 6.21 Å². The lowest BCUT2D eigenvalue weighted by atomic mass is 10.2. The number of aromatic amines is 1. The second-order valence-corrected chi connectivity index (χ2v) is 4.75. The highest BCUT2D eigenvalue weighted by Gasteiger charge is 2.03. The third-order valence-corrected chi connectivity index (χ3v) is 3.23. The highest BCUT2D eigenvalue weighted by atomic mass is 16.2. The van der Waals surface area contributed by atoms with E-state index in [0.717, 1.165) is 16.5 Å². The van der Waals surface area contributed by atoms with Crippen molar-refractivity contribution in [3.05, 3.63) is 70.8 Å². The maximum absolute atomic E-state index is 11.8. The van der Waals surface area contributed by atoms with Crippen molar-refractivity contribution in [2.45, 2.75) is 6.54 Å². The quantitative estimate of drug-likeness (QED) is 0.564. The van der Waals surface area contributed by atoms with Crippen LogP contribution in [0.3, 0.4) is 0 Å². The summed E-state index contributed by atoms with van der Waals surface area (Å²) < 4.78 is 1.32. The van der Waals surface area contributed by atoms with Gasteiger partial charge in [0.25, 0.3) is 11.5 Å². The predicted octanol–water partition coefficient (Wildman–Crippen LogP) is 1.48. The number of aromatic nitrogens is 2. The summed E-state index contributed by atoms with van der Waals surface area (Å²) in [6.07, 6.45) is 4.96. The maximum Gasteiger partial charge on any atom is 0.260 e. The summed E-state index contributed by atoms with van der Waals surface area (Å²) in [4.78, 5) is 26.4. The minimum Gasteiger partial charge on any atom is -0.361 e. The van der Waals surface area contributed by atoms with Gasteiger partial charge in [-0.2, -0.15) is 5.10 Å². The molecule has 22 heavy (non-hydrogen) atoms. The SMILES string of the molecule is O=C(Cn1ccccc1=O)N/N=C/c1c[nH]c2ccccc12. The molecule has 0 aliphatic carbocycles. The Balaban J connectivity index is 1.66. The maximum atomic E-state index is 11.8. The Labute approximate surface area is 126 Å². The lowest BCUT2D eigenvalue weighted by Gasteiger charge is -2.02. The lowest BCUT2D eigenvalue weighted by Crippen LogP contribution is -2.28. The van der Waals surface area contributed by atoms with Crippen molar-refractivity contribution in [3.63, 3.8) is 0 Å². The Hall–Kier alpha value is -3.15. The number of nitrogens with one attached hydrogen (secondary N) is 2. The van der Waals surface area contributed by atoms with Crippen LogP contribution in [0.2, 0.25) is 0 Å². The first kappa shape index (κ1) is 13.8. The Kier molecular flexibility index (Phi) is 3.82. The van der Waals surface area contributed by atoms with E-state index >= 15 is 0 Å². The van der Waals surface area contributed by atoms with Gasteiger partial charge >= 0.3 is 0 Å². The third-order valence-electron chi connectivity index (χ3n) is 3.23. The molecular formula is C16H14N4O2. The zero-order valence-corrected chi connectivity index (χ0v) is 11.7. The molecule has 1 amide bonds. The Morgan fingerprint density at radius 1 is 1.23 bits per heavy atom. The first-order valence-corrected chi connectivity index (χ1v) is 6.77. The van der Waals surface area contributed by atoms with Crippen molar-refractivity contribution in [1.29, 1.82) is 0 Å². The molecule has 0 spiro atoms. The third kappa shape index (κ3) is 2.95. The van der Waals surface area contributed by atoms with Crippen LogP contribution in [0.25, 0.3) is 10.9 Å². The second kappa shape index (κ2) is 6.09. The molecule has 3 aromatic rings. The number of fused-ring (bicyclic) bond motifs is 1. The molecule has 0 aliphatic rings. The first-order chi connectivity index (χ1) is 10.7. The fourth-order valence-electron chi connectivity index (χ4n) is 2.16. The van der Waals surface area contributed by atoms with Crippen LogP contribution < -0.4 is 11.0 Å². The highest BCUT2D eigenvalue weighted by molar-refractivity contribution is 5.99. The Bertz CT molecular complexity index is 892. The zero-order chi connectivity index (χ0) is 15.4. The molecular weight excluding hydrogens is 280 g/mol. The molecule has 0 bridgehead atoms. The van der Waals surface area contributed by atoms with E-state index in [1.165, 1.54) is 10.6 Å². The number of para-hydroxylation sites is 1. The molecule has 0 saturated carbocycles. The topological polar surface area (TPSA) is 79.2 Å². The Morgan fingerprint density at radius 3 is 2.91 bits per heavy atom. The molecule has 2 heterocycles. The molecule has 2 aromatic heterocycles. The van der Waals surface area contributed by atoms with Gasteiger partial charge in [0, 0.05) is 34.9 Å². The fourth-order valence-corrected chi connectivity index (χ4v) is 2.16. The summed E-state index contributed by atoms with van der Waals surface area (Å²) in [5.74, 6) is -0.357. The normalized spacial score (nSPS) is 11.1. The van der Waals surface area contributed by atoms with Gasteiger partial charge in [-0.05, 0) is 12.1 Å². The van der Waals surface area contributed by atoms with E-state index in [-0.39, 0.29) is 18.0 Å². The summed E-state index contributed by atoms with van der Waals surface area (Å²) in [6, 6.07) is 12.6. The van der Waals surface area contributed by atoms with Gasteiger partial charge in [0.2, 0.25) is 0 Å². The molecule has 0 saturated heterocycles. The van der Waals surface area contributed by atoms with Gasteiger partial charge in [-0.1, -0.05) is 24.3 Å². The van der Waals surface area contributed by atoms with E-state index in [9.17, 15) is 9.59 Å². The molecule has 6 heteroatoms. The monoisotopic (exact) mass is 294 g/mol. The fraction of sp³-hybridized carbons (Fsp3) is 0.0625. The molecule has 1 aromatic carbocycles. The first-order valence-electron chi connectivity index (χ1n) is 6.77. The number of carbonyl (C=O) groups excluding carboxylic acids is 1. The zero-order valence-electron chi connectivity index (χ0n) is 11.7. The van der Waals surface area contributed by atoms with Crippen LogP contribution >= 0.6 is 0 Å². The molecule has 110 valence electrons. The van der Waals surface area contributed by atoms with Crippen LogP contribution in [-0.2, 0) is 11.3 Å². The predicted molar refractivity (Wildman–Crippen MR) is 84.7 cm³/mol. The van der Waals surface area contributed by atoms with Crippen molar-refractivity contribution >= 4 is 23.0 Å². The van der Waals surface area contributed by atoms with E-state index in [0.29, 0.717) is 0 Å². The van der Waals surface area contributed by atoms with Crippen LogP contribution in [0.15, 0.2) is 64.8 Å². The number of benzene rings is 1. The number of hydrogen-bond acceptors (Lipinski definition) is 3. The van der Waals surface area contributed by atoms with Crippen LogP contribution in [0.5, 0.6) is 0 Å². The number of pyridine rings is 1. The lowest BCUT2D eigenvalue weighted by molar-refractivity contribution is -0.121. The smallest absolute Gasteiger partial charge is 0.260 e.